The summed E-state index contributed by atoms with van der Waals surface area (Å²) < 4.78 is 7.39. The van der Waals surface area contributed by atoms with Crippen LogP contribution in [0.25, 0.3) is 0 Å². The smallest absolute Gasteiger partial charge is 0.233 e. The van der Waals surface area contributed by atoms with Crippen molar-refractivity contribution in [2.45, 2.75) is 30.8 Å². The van der Waals surface area contributed by atoms with Crippen molar-refractivity contribution >= 4 is 17.5 Å². The molecule has 8 heteroatoms. The largest absolute Gasteiger partial charge is 0.366 e. The lowest BCUT2D eigenvalue weighted by atomic mass is 9.63. The number of nitrogens with zero attached hydrogens (tertiary/aromatic N) is 5. The maximum Gasteiger partial charge on any atom is 0.233 e. The number of amides is 1. The van der Waals surface area contributed by atoms with Gasteiger partial charge in [-0.1, -0.05) is 30.2 Å². The summed E-state index contributed by atoms with van der Waals surface area (Å²) in [6, 6.07) is 7.67. The predicted octanol–water partition coefficient (Wildman–Crippen LogP) is 1.89. The minimum Gasteiger partial charge on any atom is -0.366 e. The molecule has 1 amide bonds. The highest BCUT2D eigenvalue weighted by molar-refractivity contribution is 6.30. The number of morpholine rings is 1. The number of aryl methyl sites for hydroxylation is 1. The van der Waals surface area contributed by atoms with E-state index in [1.54, 1.807) is 11.7 Å². The van der Waals surface area contributed by atoms with Gasteiger partial charge in [0.2, 0.25) is 5.91 Å². The Hall–Kier alpha value is -1.99. The molecule has 1 atom stereocenters. The van der Waals surface area contributed by atoms with Crippen LogP contribution in [0.2, 0.25) is 5.02 Å². The Kier molecular flexibility index (Phi) is 4.21. The topological polar surface area (TPSA) is 73.1 Å². The van der Waals surface area contributed by atoms with Crippen molar-refractivity contribution in [3.05, 3.63) is 40.7 Å². The predicted molar refractivity (Wildman–Crippen MR) is 91.1 cm³/mol. The van der Waals surface area contributed by atoms with Crippen LogP contribution >= 0.6 is 11.6 Å². The zero-order valence-corrected chi connectivity index (χ0v) is 14.8. The van der Waals surface area contributed by atoms with Crippen molar-refractivity contribution in [2.24, 2.45) is 7.05 Å². The molecule has 7 nitrogen and oxygen atoms in total. The molecular weight excluding hydrogens is 342 g/mol. The number of hydrogen-bond acceptors (Lipinski definition) is 5. The van der Waals surface area contributed by atoms with Gasteiger partial charge in [0.1, 0.15) is 6.10 Å². The van der Waals surface area contributed by atoms with Crippen molar-refractivity contribution in [3.8, 4) is 0 Å². The number of hydrogen-bond donors (Lipinski definition) is 0. The molecular formula is C17H20ClN5O2. The molecule has 0 radical (unpaired) electrons. The molecule has 0 bridgehead atoms. The molecule has 1 unspecified atom stereocenters. The fourth-order valence-corrected chi connectivity index (χ4v) is 3.85. The van der Waals surface area contributed by atoms with Crippen LogP contribution < -0.4 is 0 Å². The first-order valence-corrected chi connectivity index (χ1v) is 8.87. The molecule has 132 valence electrons. The van der Waals surface area contributed by atoms with Gasteiger partial charge in [0.15, 0.2) is 5.82 Å². The lowest BCUT2D eigenvalue weighted by Crippen LogP contribution is -2.54. The van der Waals surface area contributed by atoms with Crippen LogP contribution in [0.15, 0.2) is 24.3 Å². The number of tetrazole rings is 1. The first kappa shape index (κ1) is 16.5. The molecule has 1 aliphatic heterocycles. The number of carbonyl (C=O) groups is 1. The van der Waals surface area contributed by atoms with Gasteiger partial charge in [-0.3, -0.25) is 4.79 Å². The molecule has 1 aromatic heterocycles. The van der Waals surface area contributed by atoms with Crippen LogP contribution in [-0.4, -0.2) is 50.7 Å². The zero-order valence-electron chi connectivity index (χ0n) is 14.1. The maximum absolute atomic E-state index is 13.4. The third-order valence-electron chi connectivity index (χ3n) is 5.31. The normalized spacial score (nSPS) is 22.5. The minimum atomic E-state index is -0.426. The SMILES string of the molecule is Cn1nnnc1C1CN(C(=O)C2(c3ccc(Cl)cc3)CCC2)CCO1. The third kappa shape index (κ3) is 2.81. The average molecular weight is 362 g/mol. The molecule has 1 aliphatic carbocycles. The number of aromatic nitrogens is 4. The molecule has 1 saturated carbocycles. The van der Waals surface area contributed by atoms with Gasteiger partial charge in [-0.05, 0) is 41.0 Å². The molecule has 2 aromatic rings. The van der Waals surface area contributed by atoms with E-state index in [9.17, 15) is 4.79 Å². The lowest BCUT2D eigenvalue weighted by Gasteiger charge is -2.45. The van der Waals surface area contributed by atoms with E-state index in [2.05, 4.69) is 15.5 Å². The van der Waals surface area contributed by atoms with E-state index in [0.29, 0.717) is 30.5 Å². The van der Waals surface area contributed by atoms with Gasteiger partial charge in [-0.15, -0.1) is 5.10 Å². The molecule has 25 heavy (non-hydrogen) atoms. The first-order chi connectivity index (χ1) is 12.1. The summed E-state index contributed by atoms with van der Waals surface area (Å²) in [5.74, 6) is 0.816. The molecule has 0 spiro atoms. The van der Waals surface area contributed by atoms with Gasteiger partial charge < -0.3 is 9.64 Å². The number of rotatable bonds is 3. The van der Waals surface area contributed by atoms with E-state index in [4.69, 9.17) is 16.3 Å². The second-order valence-corrected chi connectivity index (χ2v) is 7.15. The molecule has 2 fully saturated rings. The van der Waals surface area contributed by atoms with Gasteiger partial charge in [0.25, 0.3) is 0 Å². The Morgan fingerprint density at radius 3 is 2.68 bits per heavy atom. The van der Waals surface area contributed by atoms with Crippen molar-refractivity contribution in [1.82, 2.24) is 25.1 Å². The summed E-state index contributed by atoms with van der Waals surface area (Å²) in [5, 5.41) is 12.2. The van der Waals surface area contributed by atoms with Gasteiger partial charge in [0.05, 0.1) is 18.6 Å². The number of halogens is 1. The summed E-state index contributed by atoms with van der Waals surface area (Å²) in [6.07, 6.45) is 2.53. The molecule has 2 heterocycles. The Morgan fingerprint density at radius 1 is 1.32 bits per heavy atom. The van der Waals surface area contributed by atoms with Crippen LogP contribution in [0.1, 0.15) is 36.8 Å². The fourth-order valence-electron chi connectivity index (χ4n) is 3.73. The fraction of sp³-hybridized carbons (Fsp3) is 0.529. The highest BCUT2D eigenvalue weighted by Crippen LogP contribution is 2.46. The highest BCUT2D eigenvalue weighted by Gasteiger charge is 2.48. The van der Waals surface area contributed by atoms with Crippen molar-refractivity contribution in [2.75, 3.05) is 19.7 Å². The molecule has 1 saturated heterocycles. The van der Waals surface area contributed by atoms with Crippen LogP contribution in [0, 0.1) is 0 Å². The van der Waals surface area contributed by atoms with E-state index < -0.39 is 5.41 Å². The summed E-state index contributed by atoms with van der Waals surface area (Å²) in [7, 11) is 1.78. The van der Waals surface area contributed by atoms with Crippen LogP contribution in [-0.2, 0) is 22.0 Å². The molecule has 4 rings (SSSR count). The van der Waals surface area contributed by atoms with E-state index in [1.165, 1.54) is 0 Å². The summed E-state index contributed by atoms with van der Waals surface area (Å²) in [5.41, 5.74) is 0.626. The Bertz CT molecular complexity index is 772. The van der Waals surface area contributed by atoms with Crippen molar-refractivity contribution < 1.29 is 9.53 Å². The van der Waals surface area contributed by atoms with Gasteiger partial charge in [-0.25, -0.2) is 4.68 Å². The number of carbonyl (C=O) groups excluding carboxylic acids is 1. The average Bonchev–Trinajstić information content (AvgIpc) is 3.01. The zero-order chi connectivity index (χ0) is 17.4. The van der Waals surface area contributed by atoms with E-state index in [0.717, 1.165) is 24.8 Å². The summed E-state index contributed by atoms with van der Waals surface area (Å²) >= 11 is 6.01. The second kappa shape index (κ2) is 6.38. The van der Waals surface area contributed by atoms with Gasteiger partial charge in [-0.2, -0.15) is 0 Å². The second-order valence-electron chi connectivity index (χ2n) is 6.71. The Labute approximate surface area is 150 Å². The quantitative estimate of drug-likeness (QED) is 0.834. The standard InChI is InChI=1S/C17H20ClN5O2/c1-22-15(19-20-21-22)14-11-23(9-10-25-14)16(24)17(7-2-8-17)12-3-5-13(18)6-4-12/h3-6,14H,2,7-11H2,1H3. The van der Waals surface area contributed by atoms with Crippen molar-refractivity contribution in [3.63, 3.8) is 0 Å². The molecule has 0 N–H and O–H groups in total. The first-order valence-electron chi connectivity index (χ1n) is 8.49. The van der Waals surface area contributed by atoms with E-state index >= 15 is 0 Å². The number of ether oxygens (including phenoxy) is 1. The van der Waals surface area contributed by atoms with Gasteiger partial charge in [0, 0.05) is 18.6 Å². The van der Waals surface area contributed by atoms with Crippen LogP contribution in [0.4, 0.5) is 0 Å². The summed E-state index contributed by atoms with van der Waals surface area (Å²) in [6.45, 7) is 1.55. The lowest BCUT2D eigenvalue weighted by molar-refractivity contribution is -0.149. The maximum atomic E-state index is 13.4. The number of benzene rings is 1. The monoisotopic (exact) mass is 361 g/mol. The minimum absolute atomic E-state index is 0.171. The van der Waals surface area contributed by atoms with E-state index in [1.807, 2.05) is 29.2 Å². The van der Waals surface area contributed by atoms with Crippen LogP contribution in [0.3, 0.4) is 0 Å². The molecule has 1 aromatic carbocycles. The van der Waals surface area contributed by atoms with Crippen LogP contribution in [0.5, 0.6) is 0 Å². The summed E-state index contributed by atoms with van der Waals surface area (Å²) in [4.78, 5) is 15.3. The Morgan fingerprint density at radius 2 is 2.08 bits per heavy atom. The third-order valence-corrected chi connectivity index (χ3v) is 5.56. The highest BCUT2D eigenvalue weighted by atomic mass is 35.5. The van der Waals surface area contributed by atoms with E-state index in [-0.39, 0.29) is 12.0 Å². The Balaban J connectivity index is 1.57. The molecule has 2 aliphatic rings. The van der Waals surface area contributed by atoms with Gasteiger partial charge >= 0.3 is 0 Å². The van der Waals surface area contributed by atoms with Crippen molar-refractivity contribution in [1.29, 1.82) is 0 Å².